The quantitative estimate of drug-likeness (QED) is 0.881. The van der Waals surface area contributed by atoms with Gasteiger partial charge in [-0.25, -0.2) is 4.39 Å². The maximum atomic E-state index is 13.9. The average Bonchev–Trinajstić information content (AvgIpc) is 2.95. The molecule has 2 aromatic rings. The highest BCUT2D eigenvalue weighted by Gasteiger charge is 2.08. The first-order valence-corrected chi connectivity index (χ1v) is 7.21. The maximum absolute atomic E-state index is 13.9. The number of aromatic nitrogens is 1. The number of nitrogens with one attached hydrogen (secondary N) is 1. The summed E-state index contributed by atoms with van der Waals surface area (Å²) in [5.74, 6) is -0.332. The Morgan fingerprint density at radius 2 is 2.19 bits per heavy atom. The largest absolute Gasteiger partial charge is 0.349 e. The van der Waals surface area contributed by atoms with Crippen LogP contribution in [0.3, 0.4) is 0 Å². The second-order valence-corrected chi connectivity index (χ2v) is 5.21. The monoisotopic (exact) mass is 285 g/mol. The van der Waals surface area contributed by atoms with Crippen molar-refractivity contribution < 1.29 is 4.39 Å². The molecular formula is C17H20FN3. The third-order valence-corrected chi connectivity index (χ3v) is 3.51. The lowest BCUT2D eigenvalue weighted by Gasteiger charge is -2.11. The van der Waals surface area contributed by atoms with Gasteiger partial charge in [-0.3, -0.25) is 0 Å². The van der Waals surface area contributed by atoms with E-state index in [1.165, 1.54) is 11.6 Å². The topological polar surface area (TPSA) is 40.8 Å². The molecule has 1 aromatic carbocycles. The van der Waals surface area contributed by atoms with Gasteiger partial charge in [-0.2, -0.15) is 5.26 Å². The lowest BCUT2D eigenvalue weighted by molar-refractivity contribution is 0.568. The Morgan fingerprint density at radius 3 is 2.86 bits per heavy atom. The van der Waals surface area contributed by atoms with Crippen LogP contribution < -0.4 is 5.32 Å². The van der Waals surface area contributed by atoms with Crippen LogP contribution in [0.1, 0.15) is 43.0 Å². The Labute approximate surface area is 125 Å². The third-order valence-electron chi connectivity index (χ3n) is 3.51. The molecule has 1 heterocycles. The minimum Gasteiger partial charge on any atom is -0.349 e. The lowest BCUT2D eigenvalue weighted by Crippen LogP contribution is -2.18. The van der Waals surface area contributed by atoms with Crippen molar-refractivity contribution in [2.75, 3.05) is 6.54 Å². The van der Waals surface area contributed by atoms with Gasteiger partial charge in [0.2, 0.25) is 0 Å². The van der Waals surface area contributed by atoms with Crippen molar-refractivity contribution in [3.63, 3.8) is 0 Å². The van der Waals surface area contributed by atoms with E-state index in [1.807, 2.05) is 23.0 Å². The van der Waals surface area contributed by atoms with Crippen LogP contribution in [0.15, 0.2) is 36.7 Å². The molecule has 0 saturated heterocycles. The molecule has 0 radical (unpaired) electrons. The van der Waals surface area contributed by atoms with Crippen molar-refractivity contribution in [2.24, 2.45) is 0 Å². The summed E-state index contributed by atoms with van der Waals surface area (Å²) < 4.78 is 15.8. The molecule has 0 aliphatic rings. The standard InChI is InChI=1S/C17H20FN3/c1-3-7-20-13(2)15-6-8-21(11-15)12-16-5-4-14(10-19)9-17(16)18/h4-6,8-9,11,13,20H,3,7,12H2,1-2H3. The van der Waals surface area contributed by atoms with E-state index in [0.717, 1.165) is 13.0 Å². The number of nitrogens with zero attached hydrogens (tertiary/aromatic N) is 2. The number of halogens is 1. The first kappa shape index (κ1) is 15.3. The van der Waals surface area contributed by atoms with Crippen molar-refractivity contribution in [2.45, 2.75) is 32.9 Å². The predicted octanol–water partition coefficient (Wildman–Crippen LogP) is 3.61. The van der Waals surface area contributed by atoms with Gasteiger partial charge in [-0.1, -0.05) is 13.0 Å². The summed E-state index contributed by atoms with van der Waals surface area (Å²) >= 11 is 0. The van der Waals surface area contributed by atoms with Crippen LogP contribution in [0.5, 0.6) is 0 Å². The first-order chi connectivity index (χ1) is 10.1. The highest BCUT2D eigenvalue weighted by atomic mass is 19.1. The summed E-state index contributed by atoms with van der Waals surface area (Å²) in [7, 11) is 0. The minimum atomic E-state index is -0.332. The molecule has 0 bridgehead atoms. The van der Waals surface area contributed by atoms with Crippen LogP contribution in [-0.2, 0) is 6.54 Å². The predicted molar refractivity (Wildman–Crippen MR) is 81.4 cm³/mol. The zero-order valence-corrected chi connectivity index (χ0v) is 12.4. The molecule has 1 N–H and O–H groups in total. The Kier molecular flexibility index (Phi) is 5.13. The summed E-state index contributed by atoms with van der Waals surface area (Å²) in [6, 6.07) is 8.88. The van der Waals surface area contributed by atoms with Crippen molar-refractivity contribution in [3.05, 3.63) is 59.2 Å². The summed E-state index contributed by atoms with van der Waals surface area (Å²) in [5, 5.41) is 12.2. The molecule has 0 aliphatic heterocycles. The van der Waals surface area contributed by atoms with E-state index in [2.05, 4.69) is 25.2 Å². The van der Waals surface area contributed by atoms with Gasteiger partial charge in [-0.15, -0.1) is 0 Å². The highest BCUT2D eigenvalue weighted by Crippen LogP contribution is 2.16. The van der Waals surface area contributed by atoms with E-state index >= 15 is 0 Å². The van der Waals surface area contributed by atoms with E-state index in [0.29, 0.717) is 17.7 Å². The van der Waals surface area contributed by atoms with E-state index in [4.69, 9.17) is 5.26 Å². The zero-order chi connectivity index (χ0) is 15.2. The summed E-state index contributed by atoms with van der Waals surface area (Å²) in [4.78, 5) is 0. The number of benzene rings is 1. The third kappa shape index (κ3) is 3.93. The Balaban J connectivity index is 2.07. The van der Waals surface area contributed by atoms with E-state index < -0.39 is 0 Å². The molecule has 0 saturated carbocycles. The molecule has 0 amide bonds. The van der Waals surface area contributed by atoms with Crippen LogP contribution in [0, 0.1) is 17.1 Å². The molecule has 1 atom stereocenters. The molecular weight excluding hydrogens is 265 g/mol. The van der Waals surface area contributed by atoms with Gasteiger partial charge in [0.25, 0.3) is 0 Å². The smallest absolute Gasteiger partial charge is 0.129 e. The minimum absolute atomic E-state index is 0.289. The molecule has 21 heavy (non-hydrogen) atoms. The number of hydrogen-bond acceptors (Lipinski definition) is 2. The Bertz CT molecular complexity index is 640. The van der Waals surface area contributed by atoms with E-state index in [-0.39, 0.29) is 11.9 Å². The van der Waals surface area contributed by atoms with Gasteiger partial charge >= 0.3 is 0 Å². The van der Waals surface area contributed by atoms with Crippen LogP contribution in [0.2, 0.25) is 0 Å². The van der Waals surface area contributed by atoms with Crippen LogP contribution in [0.25, 0.3) is 0 Å². The highest BCUT2D eigenvalue weighted by molar-refractivity contribution is 5.33. The van der Waals surface area contributed by atoms with Crippen LogP contribution in [0.4, 0.5) is 4.39 Å². The van der Waals surface area contributed by atoms with Crippen LogP contribution in [-0.4, -0.2) is 11.1 Å². The van der Waals surface area contributed by atoms with E-state index in [1.54, 1.807) is 12.1 Å². The Morgan fingerprint density at radius 1 is 1.38 bits per heavy atom. The van der Waals surface area contributed by atoms with Gasteiger partial charge < -0.3 is 9.88 Å². The zero-order valence-electron chi connectivity index (χ0n) is 12.4. The summed E-state index contributed by atoms with van der Waals surface area (Å²) in [5.41, 5.74) is 2.13. The van der Waals surface area contributed by atoms with Crippen molar-refractivity contribution in [1.82, 2.24) is 9.88 Å². The number of nitriles is 1. The molecule has 0 spiro atoms. The fraction of sp³-hybridized carbons (Fsp3) is 0.353. The lowest BCUT2D eigenvalue weighted by atomic mass is 10.1. The van der Waals surface area contributed by atoms with Crippen molar-refractivity contribution in [1.29, 1.82) is 5.26 Å². The second kappa shape index (κ2) is 7.05. The summed E-state index contributed by atoms with van der Waals surface area (Å²) in [6.45, 7) is 5.71. The average molecular weight is 285 g/mol. The number of hydrogen-bond donors (Lipinski definition) is 1. The van der Waals surface area contributed by atoms with Gasteiger partial charge in [0, 0.05) is 30.5 Å². The first-order valence-electron chi connectivity index (χ1n) is 7.21. The van der Waals surface area contributed by atoms with Crippen molar-refractivity contribution >= 4 is 0 Å². The number of rotatable bonds is 6. The van der Waals surface area contributed by atoms with Gasteiger partial charge in [-0.05, 0) is 43.7 Å². The maximum Gasteiger partial charge on any atom is 0.129 e. The Hall–Kier alpha value is -2.12. The molecule has 1 aromatic heterocycles. The van der Waals surface area contributed by atoms with Crippen molar-refractivity contribution in [3.8, 4) is 6.07 Å². The van der Waals surface area contributed by atoms with Crippen LogP contribution >= 0.6 is 0 Å². The van der Waals surface area contributed by atoms with Gasteiger partial charge in [0.1, 0.15) is 5.82 Å². The van der Waals surface area contributed by atoms with E-state index in [9.17, 15) is 4.39 Å². The molecule has 2 rings (SSSR count). The molecule has 0 fully saturated rings. The fourth-order valence-electron chi connectivity index (χ4n) is 2.23. The van der Waals surface area contributed by atoms with Gasteiger partial charge in [0.15, 0.2) is 0 Å². The molecule has 4 heteroatoms. The normalized spacial score (nSPS) is 12.1. The molecule has 110 valence electrons. The van der Waals surface area contributed by atoms with Gasteiger partial charge in [0.05, 0.1) is 11.6 Å². The fourth-order valence-corrected chi connectivity index (χ4v) is 2.23. The summed E-state index contributed by atoms with van der Waals surface area (Å²) in [6.07, 6.45) is 5.09. The SMILES string of the molecule is CCCNC(C)c1ccn(Cc2ccc(C#N)cc2F)c1. The molecule has 1 unspecified atom stereocenters. The second-order valence-electron chi connectivity index (χ2n) is 5.21. The molecule has 0 aliphatic carbocycles. The molecule has 3 nitrogen and oxygen atoms in total.